The van der Waals surface area contributed by atoms with Crippen LogP contribution in [0.5, 0.6) is 0 Å². The fourth-order valence-electron chi connectivity index (χ4n) is 1.89. The largest absolute Gasteiger partial charge is 0.444 e. The molecule has 0 aromatic heterocycles. The van der Waals surface area contributed by atoms with Gasteiger partial charge < -0.3 is 15.2 Å². The first-order valence-corrected chi connectivity index (χ1v) is 6.94. The van der Waals surface area contributed by atoms with Crippen LogP contribution in [0, 0.1) is 12.8 Å². The summed E-state index contributed by atoms with van der Waals surface area (Å²) in [5.41, 5.74) is 1.88. The molecule has 1 aromatic rings. The summed E-state index contributed by atoms with van der Waals surface area (Å²) in [5, 5.41) is 12.1. The number of benzene rings is 1. The molecule has 1 rings (SSSR count). The van der Waals surface area contributed by atoms with E-state index in [9.17, 15) is 9.90 Å². The second-order valence-electron chi connectivity index (χ2n) is 6.06. The zero-order valence-electron chi connectivity index (χ0n) is 12.8. The summed E-state index contributed by atoms with van der Waals surface area (Å²) in [5.74, 6) is -0.0105. The number of amides is 1. The second kappa shape index (κ2) is 7.29. The summed E-state index contributed by atoms with van der Waals surface area (Å²) in [6, 6.07) is 8.07. The SMILES string of the molecule is Cc1ccccc1C[C@@H](CO)CNC(=O)OC(C)(C)C. The summed E-state index contributed by atoms with van der Waals surface area (Å²) >= 11 is 0. The third-order valence-electron chi connectivity index (χ3n) is 2.96. The normalized spacial score (nSPS) is 12.8. The minimum Gasteiger partial charge on any atom is -0.444 e. The Bertz CT molecular complexity index is 438. The van der Waals surface area contributed by atoms with Gasteiger partial charge in [-0.3, -0.25) is 0 Å². The van der Waals surface area contributed by atoms with E-state index in [0.29, 0.717) is 6.54 Å². The van der Waals surface area contributed by atoms with E-state index >= 15 is 0 Å². The molecule has 0 bridgehead atoms. The first-order chi connectivity index (χ1) is 9.31. The molecule has 0 saturated heterocycles. The standard InChI is InChI=1S/C16H25NO3/c1-12-7-5-6-8-14(12)9-13(11-18)10-17-15(19)20-16(2,3)4/h5-8,13,18H,9-11H2,1-4H3,(H,17,19)/t13-/m1/s1. The highest BCUT2D eigenvalue weighted by Gasteiger charge is 2.17. The summed E-state index contributed by atoms with van der Waals surface area (Å²) in [4.78, 5) is 11.6. The summed E-state index contributed by atoms with van der Waals surface area (Å²) in [7, 11) is 0. The van der Waals surface area contributed by atoms with Crippen LogP contribution in [0.2, 0.25) is 0 Å². The van der Waals surface area contributed by atoms with Gasteiger partial charge in [0.2, 0.25) is 0 Å². The lowest BCUT2D eigenvalue weighted by atomic mass is 9.97. The number of rotatable bonds is 5. The molecule has 1 atom stereocenters. The lowest BCUT2D eigenvalue weighted by molar-refractivity contribution is 0.0512. The van der Waals surface area contributed by atoms with Crippen molar-refractivity contribution in [1.29, 1.82) is 0 Å². The minimum absolute atomic E-state index is 0.0105. The van der Waals surface area contributed by atoms with Crippen molar-refractivity contribution in [3.63, 3.8) is 0 Å². The maximum atomic E-state index is 11.6. The maximum Gasteiger partial charge on any atom is 0.407 e. The smallest absolute Gasteiger partial charge is 0.407 e. The van der Waals surface area contributed by atoms with Crippen LogP contribution in [0.4, 0.5) is 4.79 Å². The molecular formula is C16H25NO3. The number of alkyl carbamates (subject to hydrolysis) is 1. The van der Waals surface area contributed by atoms with Gasteiger partial charge in [0.25, 0.3) is 0 Å². The Balaban J connectivity index is 2.48. The van der Waals surface area contributed by atoms with Crippen molar-refractivity contribution >= 4 is 6.09 Å². The third kappa shape index (κ3) is 6.06. The molecule has 0 unspecified atom stereocenters. The number of aliphatic hydroxyl groups excluding tert-OH is 1. The molecule has 0 radical (unpaired) electrons. The molecule has 4 heteroatoms. The molecule has 112 valence electrons. The zero-order chi connectivity index (χ0) is 15.2. The quantitative estimate of drug-likeness (QED) is 0.871. The molecule has 0 heterocycles. The molecule has 0 spiro atoms. The van der Waals surface area contributed by atoms with Gasteiger partial charge in [-0.2, -0.15) is 0 Å². The Hall–Kier alpha value is -1.55. The number of hydrogen-bond acceptors (Lipinski definition) is 3. The Morgan fingerprint density at radius 1 is 1.35 bits per heavy atom. The monoisotopic (exact) mass is 279 g/mol. The van der Waals surface area contributed by atoms with Crippen molar-refractivity contribution in [2.24, 2.45) is 5.92 Å². The number of hydrogen-bond donors (Lipinski definition) is 2. The highest BCUT2D eigenvalue weighted by atomic mass is 16.6. The average molecular weight is 279 g/mol. The van der Waals surface area contributed by atoms with Crippen LogP contribution in [0.3, 0.4) is 0 Å². The van der Waals surface area contributed by atoms with E-state index in [-0.39, 0.29) is 12.5 Å². The van der Waals surface area contributed by atoms with Crippen LogP contribution in [0.15, 0.2) is 24.3 Å². The molecule has 2 N–H and O–H groups in total. The van der Waals surface area contributed by atoms with Gasteiger partial charge >= 0.3 is 6.09 Å². The first kappa shape index (κ1) is 16.5. The van der Waals surface area contributed by atoms with Crippen LogP contribution in [0.25, 0.3) is 0 Å². The van der Waals surface area contributed by atoms with Crippen molar-refractivity contribution in [2.45, 2.75) is 39.7 Å². The fourth-order valence-corrected chi connectivity index (χ4v) is 1.89. The number of aryl methyl sites for hydroxylation is 1. The highest BCUT2D eigenvalue weighted by Crippen LogP contribution is 2.13. The zero-order valence-corrected chi connectivity index (χ0v) is 12.8. The number of ether oxygens (including phenoxy) is 1. The van der Waals surface area contributed by atoms with E-state index < -0.39 is 11.7 Å². The van der Waals surface area contributed by atoms with Gasteiger partial charge in [-0.15, -0.1) is 0 Å². The lowest BCUT2D eigenvalue weighted by Gasteiger charge is -2.21. The molecule has 0 aliphatic rings. The van der Waals surface area contributed by atoms with Crippen molar-refractivity contribution in [1.82, 2.24) is 5.32 Å². The summed E-state index contributed by atoms with van der Waals surface area (Å²) in [6.07, 6.45) is 0.291. The predicted octanol–water partition coefficient (Wildman–Crippen LogP) is 2.67. The third-order valence-corrected chi connectivity index (χ3v) is 2.96. The van der Waals surface area contributed by atoms with Gasteiger partial charge in [0.15, 0.2) is 0 Å². The van der Waals surface area contributed by atoms with Gasteiger partial charge in [0.1, 0.15) is 5.60 Å². The van der Waals surface area contributed by atoms with E-state index in [4.69, 9.17) is 4.74 Å². The number of carbonyl (C=O) groups excluding carboxylic acids is 1. The Morgan fingerprint density at radius 2 is 2.00 bits per heavy atom. The Morgan fingerprint density at radius 3 is 2.55 bits per heavy atom. The number of carbonyl (C=O) groups is 1. The van der Waals surface area contributed by atoms with E-state index in [1.165, 1.54) is 11.1 Å². The van der Waals surface area contributed by atoms with E-state index in [1.54, 1.807) is 0 Å². The van der Waals surface area contributed by atoms with Crippen molar-refractivity contribution in [3.05, 3.63) is 35.4 Å². The lowest BCUT2D eigenvalue weighted by Crippen LogP contribution is -2.36. The topological polar surface area (TPSA) is 58.6 Å². The van der Waals surface area contributed by atoms with Gasteiger partial charge in [0, 0.05) is 19.1 Å². The van der Waals surface area contributed by atoms with Gasteiger partial charge in [-0.1, -0.05) is 24.3 Å². The van der Waals surface area contributed by atoms with Crippen LogP contribution < -0.4 is 5.32 Å². The average Bonchev–Trinajstić information content (AvgIpc) is 2.34. The summed E-state index contributed by atoms with van der Waals surface area (Å²) in [6.45, 7) is 7.95. The highest BCUT2D eigenvalue weighted by molar-refractivity contribution is 5.67. The number of nitrogens with one attached hydrogen (secondary N) is 1. The van der Waals surface area contributed by atoms with Gasteiger partial charge in [0.05, 0.1) is 0 Å². The Kier molecular flexibility index (Phi) is 6.02. The van der Waals surface area contributed by atoms with Crippen molar-refractivity contribution < 1.29 is 14.6 Å². The van der Waals surface area contributed by atoms with Crippen LogP contribution >= 0.6 is 0 Å². The fraction of sp³-hybridized carbons (Fsp3) is 0.562. The molecule has 0 saturated carbocycles. The van der Waals surface area contributed by atoms with Crippen molar-refractivity contribution in [2.75, 3.05) is 13.2 Å². The second-order valence-corrected chi connectivity index (χ2v) is 6.06. The first-order valence-electron chi connectivity index (χ1n) is 6.94. The van der Waals surface area contributed by atoms with E-state index in [1.807, 2.05) is 52.0 Å². The molecule has 0 fully saturated rings. The Labute approximate surface area is 121 Å². The molecule has 0 aliphatic carbocycles. The van der Waals surface area contributed by atoms with Crippen LogP contribution in [-0.4, -0.2) is 30.0 Å². The molecule has 1 amide bonds. The van der Waals surface area contributed by atoms with E-state index in [2.05, 4.69) is 5.32 Å². The molecule has 1 aromatic carbocycles. The van der Waals surface area contributed by atoms with Gasteiger partial charge in [-0.25, -0.2) is 4.79 Å². The maximum absolute atomic E-state index is 11.6. The van der Waals surface area contributed by atoms with Crippen molar-refractivity contribution in [3.8, 4) is 0 Å². The van der Waals surface area contributed by atoms with Crippen LogP contribution in [-0.2, 0) is 11.2 Å². The van der Waals surface area contributed by atoms with Gasteiger partial charge in [-0.05, 0) is 45.2 Å². The molecule has 4 nitrogen and oxygen atoms in total. The predicted molar refractivity (Wildman–Crippen MR) is 79.7 cm³/mol. The molecule has 20 heavy (non-hydrogen) atoms. The molecule has 0 aliphatic heterocycles. The number of aliphatic hydroxyl groups is 1. The van der Waals surface area contributed by atoms with Crippen LogP contribution in [0.1, 0.15) is 31.9 Å². The van der Waals surface area contributed by atoms with E-state index in [0.717, 1.165) is 6.42 Å². The molecular weight excluding hydrogens is 254 g/mol. The minimum atomic E-state index is -0.505. The summed E-state index contributed by atoms with van der Waals surface area (Å²) < 4.78 is 5.17.